The lowest BCUT2D eigenvalue weighted by atomic mass is 9.99. The van der Waals surface area contributed by atoms with E-state index in [0.29, 0.717) is 0 Å². The molecule has 0 aliphatic heterocycles. The van der Waals surface area contributed by atoms with Gasteiger partial charge in [-0.25, -0.2) is 5.43 Å². The Bertz CT molecular complexity index is 554. The van der Waals surface area contributed by atoms with E-state index in [0.717, 1.165) is 27.3 Å². The lowest BCUT2D eigenvalue weighted by Crippen LogP contribution is -2.29. The van der Waals surface area contributed by atoms with Gasteiger partial charge in [-0.05, 0) is 42.2 Å². The maximum atomic E-state index is 6.15. The number of pyridine rings is 1. The van der Waals surface area contributed by atoms with Gasteiger partial charge >= 0.3 is 0 Å². The molecule has 0 aliphatic rings. The van der Waals surface area contributed by atoms with E-state index >= 15 is 0 Å². The zero-order chi connectivity index (χ0) is 13.1. The Labute approximate surface area is 112 Å². The minimum absolute atomic E-state index is 0.101. The highest BCUT2D eigenvalue weighted by molar-refractivity contribution is 6.31. The Morgan fingerprint density at radius 2 is 1.94 bits per heavy atom. The standard InChI is InChI=1S/C14H16ClN3/c1-9-5-12(8-17-7-9)14(18-16)11-4-3-10(2)13(15)6-11/h3-8,14,18H,16H2,1-2H3. The summed E-state index contributed by atoms with van der Waals surface area (Å²) < 4.78 is 0. The van der Waals surface area contributed by atoms with Crippen LogP contribution in [0.15, 0.2) is 36.7 Å². The molecule has 0 amide bonds. The minimum Gasteiger partial charge on any atom is -0.271 e. The van der Waals surface area contributed by atoms with Crippen molar-refractivity contribution in [3.63, 3.8) is 0 Å². The number of benzene rings is 1. The van der Waals surface area contributed by atoms with E-state index in [4.69, 9.17) is 17.4 Å². The molecule has 2 aromatic rings. The van der Waals surface area contributed by atoms with Crippen LogP contribution >= 0.6 is 11.6 Å². The Hall–Kier alpha value is -1.42. The zero-order valence-corrected chi connectivity index (χ0v) is 11.2. The first-order valence-corrected chi connectivity index (χ1v) is 6.13. The molecule has 0 radical (unpaired) electrons. The first-order chi connectivity index (χ1) is 8.61. The molecule has 0 spiro atoms. The number of hydrogen-bond acceptors (Lipinski definition) is 3. The van der Waals surface area contributed by atoms with Crippen molar-refractivity contribution in [2.45, 2.75) is 19.9 Å². The fourth-order valence-corrected chi connectivity index (χ4v) is 2.10. The normalized spacial score (nSPS) is 12.4. The van der Waals surface area contributed by atoms with Crippen molar-refractivity contribution in [1.82, 2.24) is 10.4 Å². The van der Waals surface area contributed by atoms with Crippen LogP contribution in [0.3, 0.4) is 0 Å². The Balaban J connectivity index is 2.42. The van der Waals surface area contributed by atoms with Gasteiger partial charge in [0, 0.05) is 17.4 Å². The third-order valence-corrected chi connectivity index (χ3v) is 3.33. The lowest BCUT2D eigenvalue weighted by molar-refractivity contribution is 0.634. The van der Waals surface area contributed by atoms with E-state index in [1.54, 1.807) is 0 Å². The number of halogens is 1. The quantitative estimate of drug-likeness (QED) is 0.660. The fraction of sp³-hybridized carbons (Fsp3) is 0.214. The van der Waals surface area contributed by atoms with Gasteiger partial charge in [-0.1, -0.05) is 29.8 Å². The summed E-state index contributed by atoms with van der Waals surface area (Å²) in [5.41, 5.74) is 7.02. The van der Waals surface area contributed by atoms with Gasteiger partial charge in [-0.2, -0.15) is 0 Å². The highest BCUT2D eigenvalue weighted by atomic mass is 35.5. The second kappa shape index (κ2) is 5.48. The van der Waals surface area contributed by atoms with Crippen LogP contribution < -0.4 is 11.3 Å². The molecule has 1 aromatic heterocycles. The largest absolute Gasteiger partial charge is 0.271 e. The van der Waals surface area contributed by atoms with Gasteiger partial charge in [-0.3, -0.25) is 10.8 Å². The molecule has 3 N–H and O–H groups in total. The van der Waals surface area contributed by atoms with Crippen LogP contribution in [-0.2, 0) is 0 Å². The first kappa shape index (κ1) is 13.0. The van der Waals surface area contributed by atoms with Crippen molar-refractivity contribution in [3.05, 3.63) is 63.9 Å². The van der Waals surface area contributed by atoms with E-state index < -0.39 is 0 Å². The van der Waals surface area contributed by atoms with Crippen LogP contribution in [0.25, 0.3) is 0 Å². The van der Waals surface area contributed by atoms with Gasteiger partial charge < -0.3 is 0 Å². The molecule has 94 valence electrons. The average Bonchev–Trinajstić information content (AvgIpc) is 2.35. The summed E-state index contributed by atoms with van der Waals surface area (Å²) in [7, 11) is 0. The molecule has 2 rings (SSSR count). The summed E-state index contributed by atoms with van der Waals surface area (Å²) >= 11 is 6.15. The molecule has 0 aliphatic carbocycles. The molecular weight excluding hydrogens is 246 g/mol. The predicted octanol–water partition coefficient (Wildman–Crippen LogP) is 2.90. The molecule has 1 atom stereocenters. The number of nitrogens with zero attached hydrogens (tertiary/aromatic N) is 1. The third-order valence-electron chi connectivity index (χ3n) is 2.93. The molecule has 1 heterocycles. The van der Waals surface area contributed by atoms with Crippen molar-refractivity contribution in [1.29, 1.82) is 0 Å². The number of aryl methyl sites for hydroxylation is 2. The fourth-order valence-electron chi connectivity index (χ4n) is 1.91. The summed E-state index contributed by atoms with van der Waals surface area (Å²) in [5, 5.41) is 0.744. The van der Waals surface area contributed by atoms with Gasteiger partial charge in [0.1, 0.15) is 0 Å². The molecule has 0 fully saturated rings. The van der Waals surface area contributed by atoms with Gasteiger partial charge in [0.25, 0.3) is 0 Å². The summed E-state index contributed by atoms with van der Waals surface area (Å²) in [6, 6.07) is 7.91. The SMILES string of the molecule is Cc1cncc(C(NN)c2ccc(C)c(Cl)c2)c1. The van der Waals surface area contributed by atoms with Crippen LogP contribution in [0.4, 0.5) is 0 Å². The highest BCUT2D eigenvalue weighted by Gasteiger charge is 2.13. The van der Waals surface area contributed by atoms with Crippen molar-refractivity contribution in [3.8, 4) is 0 Å². The summed E-state index contributed by atoms with van der Waals surface area (Å²) in [6.45, 7) is 3.98. The van der Waals surface area contributed by atoms with Crippen LogP contribution in [0.5, 0.6) is 0 Å². The highest BCUT2D eigenvalue weighted by Crippen LogP contribution is 2.25. The summed E-state index contributed by atoms with van der Waals surface area (Å²) in [6.07, 6.45) is 3.63. The number of hydrazine groups is 1. The number of nitrogens with one attached hydrogen (secondary N) is 1. The first-order valence-electron chi connectivity index (χ1n) is 5.75. The Morgan fingerprint density at radius 1 is 1.17 bits per heavy atom. The lowest BCUT2D eigenvalue weighted by Gasteiger charge is -2.17. The van der Waals surface area contributed by atoms with Crippen LogP contribution in [0, 0.1) is 13.8 Å². The Morgan fingerprint density at radius 3 is 2.56 bits per heavy atom. The van der Waals surface area contributed by atoms with E-state index in [9.17, 15) is 0 Å². The molecule has 4 heteroatoms. The van der Waals surface area contributed by atoms with Gasteiger partial charge in [-0.15, -0.1) is 0 Å². The number of rotatable bonds is 3. The molecule has 0 saturated heterocycles. The monoisotopic (exact) mass is 261 g/mol. The molecule has 18 heavy (non-hydrogen) atoms. The van der Waals surface area contributed by atoms with Crippen molar-refractivity contribution >= 4 is 11.6 Å². The zero-order valence-electron chi connectivity index (χ0n) is 10.4. The maximum absolute atomic E-state index is 6.15. The minimum atomic E-state index is -0.101. The molecule has 1 unspecified atom stereocenters. The van der Waals surface area contributed by atoms with E-state index in [1.165, 1.54) is 0 Å². The van der Waals surface area contributed by atoms with Crippen LogP contribution in [0.1, 0.15) is 28.3 Å². The second-order valence-corrected chi connectivity index (χ2v) is 4.81. The summed E-state index contributed by atoms with van der Waals surface area (Å²) in [5.74, 6) is 5.65. The van der Waals surface area contributed by atoms with Crippen molar-refractivity contribution in [2.24, 2.45) is 5.84 Å². The third kappa shape index (κ3) is 2.70. The van der Waals surface area contributed by atoms with Crippen molar-refractivity contribution in [2.75, 3.05) is 0 Å². The van der Waals surface area contributed by atoms with Crippen molar-refractivity contribution < 1.29 is 0 Å². The topological polar surface area (TPSA) is 50.9 Å². The van der Waals surface area contributed by atoms with Gasteiger partial charge in [0.15, 0.2) is 0 Å². The van der Waals surface area contributed by atoms with E-state index in [1.807, 2.05) is 44.4 Å². The van der Waals surface area contributed by atoms with Crippen LogP contribution in [-0.4, -0.2) is 4.98 Å². The van der Waals surface area contributed by atoms with Gasteiger partial charge in [0.2, 0.25) is 0 Å². The Kier molecular flexibility index (Phi) is 3.97. The maximum Gasteiger partial charge on any atom is 0.0725 e. The van der Waals surface area contributed by atoms with Gasteiger partial charge in [0.05, 0.1) is 6.04 Å². The summed E-state index contributed by atoms with van der Waals surface area (Å²) in [4.78, 5) is 4.19. The van der Waals surface area contributed by atoms with E-state index in [2.05, 4.69) is 16.5 Å². The molecule has 0 saturated carbocycles. The number of hydrogen-bond donors (Lipinski definition) is 2. The number of aromatic nitrogens is 1. The molecule has 3 nitrogen and oxygen atoms in total. The number of nitrogens with two attached hydrogens (primary N) is 1. The average molecular weight is 262 g/mol. The molecule has 1 aromatic carbocycles. The molecule has 0 bridgehead atoms. The molecular formula is C14H16ClN3. The smallest absolute Gasteiger partial charge is 0.0725 e. The van der Waals surface area contributed by atoms with E-state index in [-0.39, 0.29) is 6.04 Å². The second-order valence-electron chi connectivity index (χ2n) is 4.40. The predicted molar refractivity (Wildman–Crippen MR) is 74.3 cm³/mol. The van der Waals surface area contributed by atoms with Crippen LogP contribution in [0.2, 0.25) is 5.02 Å².